The van der Waals surface area contributed by atoms with Crippen molar-refractivity contribution in [3.05, 3.63) is 0 Å². The van der Waals surface area contributed by atoms with Crippen LogP contribution in [0.4, 0.5) is 0 Å². The zero-order valence-electron chi connectivity index (χ0n) is 13.5. The molecule has 0 aromatic carbocycles. The average Bonchev–Trinajstić information content (AvgIpc) is 2.46. The molecule has 5 nitrogen and oxygen atoms in total. The van der Waals surface area contributed by atoms with E-state index in [-0.39, 0.29) is 17.4 Å². The molecule has 0 spiro atoms. The summed E-state index contributed by atoms with van der Waals surface area (Å²) in [6.07, 6.45) is 1.70. The van der Waals surface area contributed by atoms with Crippen LogP contribution in [0.2, 0.25) is 0 Å². The van der Waals surface area contributed by atoms with E-state index in [0.29, 0.717) is 6.61 Å². The Morgan fingerprint density at radius 3 is 2.45 bits per heavy atom. The van der Waals surface area contributed by atoms with Crippen LogP contribution < -0.4 is 10.6 Å². The summed E-state index contributed by atoms with van der Waals surface area (Å²) in [5, 5.41) is 6.50. The molecule has 0 saturated carbocycles. The highest BCUT2D eigenvalue weighted by molar-refractivity contribution is 5.83. The molecule has 2 N–H and O–H groups in total. The molecule has 5 heteroatoms. The lowest BCUT2D eigenvalue weighted by Crippen LogP contribution is -2.53. The Bertz CT molecular complexity index is 281. The first-order valence-corrected chi connectivity index (χ1v) is 7.81. The third-order valence-corrected chi connectivity index (χ3v) is 4.27. The molecule has 0 aromatic rings. The predicted molar refractivity (Wildman–Crippen MR) is 81.8 cm³/mol. The fourth-order valence-electron chi connectivity index (χ4n) is 2.91. The summed E-state index contributed by atoms with van der Waals surface area (Å²) in [6, 6.07) is 0.172. The van der Waals surface area contributed by atoms with Crippen LogP contribution in [-0.2, 0) is 9.53 Å². The fourth-order valence-corrected chi connectivity index (χ4v) is 2.91. The minimum Gasteiger partial charge on any atom is -0.384 e. The van der Waals surface area contributed by atoms with Gasteiger partial charge in [0.2, 0.25) is 5.91 Å². The third-order valence-electron chi connectivity index (χ3n) is 4.27. The molecule has 1 amide bonds. The van der Waals surface area contributed by atoms with Crippen LogP contribution in [0, 0.1) is 5.41 Å². The number of ether oxygens (including phenoxy) is 1. The van der Waals surface area contributed by atoms with Crippen molar-refractivity contribution in [2.24, 2.45) is 5.41 Å². The Hall–Kier alpha value is -0.650. The maximum absolute atomic E-state index is 12.6. The Kier molecular flexibility index (Phi) is 7.48. The van der Waals surface area contributed by atoms with Gasteiger partial charge < -0.3 is 20.3 Å². The molecule has 1 saturated heterocycles. The van der Waals surface area contributed by atoms with E-state index in [2.05, 4.69) is 36.3 Å². The van der Waals surface area contributed by atoms with Gasteiger partial charge in [-0.3, -0.25) is 4.79 Å². The number of carbonyl (C=O) groups is 1. The standard InChI is InChI=1S/C15H31N3O2/c1-5-18(6-2)11-13(3)17-14(19)15(12-20-4)7-9-16-10-8-15/h13,16H,5-12H2,1-4H3,(H,17,19). The molecule has 1 rings (SSSR count). The van der Waals surface area contributed by atoms with Gasteiger partial charge >= 0.3 is 0 Å². The lowest BCUT2D eigenvalue weighted by molar-refractivity contribution is -0.137. The molecule has 1 aliphatic heterocycles. The highest BCUT2D eigenvalue weighted by Crippen LogP contribution is 2.29. The van der Waals surface area contributed by atoms with Gasteiger partial charge in [0.1, 0.15) is 0 Å². The van der Waals surface area contributed by atoms with Crippen LogP contribution in [-0.4, -0.2) is 63.3 Å². The molecule has 118 valence electrons. The van der Waals surface area contributed by atoms with Gasteiger partial charge in [0, 0.05) is 19.7 Å². The summed E-state index contributed by atoms with van der Waals surface area (Å²) in [7, 11) is 1.68. The monoisotopic (exact) mass is 285 g/mol. The lowest BCUT2D eigenvalue weighted by atomic mass is 9.78. The second-order valence-corrected chi connectivity index (χ2v) is 5.82. The number of methoxy groups -OCH3 is 1. The summed E-state index contributed by atoms with van der Waals surface area (Å²) >= 11 is 0. The van der Waals surface area contributed by atoms with Gasteiger partial charge in [0.25, 0.3) is 0 Å². The summed E-state index contributed by atoms with van der Waals surface area (Å²) in [5.41, 5.74) is -0.350. The molecule has 20 heavy (non-hydrogen) atoms. The van der Waals surface area contributed by atoms with E-state index in [1.807, 2.05) is 0 Å². The van der Waals surface area contributed by atoms with E-state index in [1.54, 1.807) is 7.11 Å². The van der Waals surface area contributed by atoms with Crippen molar-refractivity contribution in [3.63, 3.8) is 0 Å². The molecule has 1 atom stereocenters. The van der Waals surface area contributed by atoms with Crippen molar-refractivity contribution in [1.82, 2.24) is 15.5 Å². The predicted octanol–water partition coefficient (Wildman–Crippen LogP) is 0.849. The van der Waals surface area contributed by atoms with Crippen LogP contribution >= 0.6 is 0 Å². The number of nitrogens with one attached hydrogen (secondary N) is 2. The van der Waals surface area contributed by atoms with Gasteiger partial charge in [0.05, 0.1) is 12.0 Å². The minimum atomic E-state index is -0.350. The van der Waals surface area contributed by atoms with Crippen LogP contribution in [0.5, 0.6) is 0 Å². The number of nitrogens with zero attached hydrogens (tertiary/aromatic N) is 1. The van der Waals surface area contributed by atoms with Crippen molar-refractivity contribution < 1.29 is 9.53 Å². The van der Waals surface area contributed by atoms with Gasteiger partial charge in [-0.15, -0.1) is 0 Å². The Morgan fingerprint density at radius 1 is 1.35 bits per heavy atom. The highest BCUT2D eigenvalue weighted by atomic mass is 16.5. The van der Waals surface area contributed by atoms with Crippen molar-refractivity contribution in [3.8, 4) is 0 Å². The Morgan fingerprint density at radius 2 is 1.95 bits per heavy atom. The Balaban J connectivity index is 2.57. The van der Waals surface area contributed by atoms with Gasteiger partial charge in [0.15, 0.2) is 0 Å². The number of hydrogen-bond acceptors (Lipinski definition) is 4. The summed E-state index contributed by atoms with van der Waals surface area (Å²) in [5.74, 6) is 0.153. The fraction of sp³-hybridized carbons (Fsp3) is 0.933. The summed E-state index contributed by atoms with van der Waals surface area (Å²) in [6.45, 7) is 11.6. The van der Waals surface area contributed by atoms with Gasteiger partial charge in [-0.1, -0.05) is 13.8 Å². The first kappa shape index (κ1) is 17.4. The van der Waals surface area contributed by atoms with E-state index >= 15 is 0 Å². The lowest BCUT2D eigenvalue weighted by Gasteiger charge is -2.37. The second-order valence-electron chi connectivity index (χ2n) is 5.82. The van der Waals surface area contributed by atoms with E-state index < -0.39 is 0 Å². The third kappa shape index (κ3) is 4.72. The molecular weight excluding hydrogens is 254 g/mol. The highest BCUT2D eigenvalue weighted by Gasteiger charge is 2.40. The van der Waals surface area contributed by atoms with E-state index in [4.69, 9.17) is 4.74 Å². The van der Waals surface area contributed by atoms with Crippen molar-refractivity contribution >= 4 is 5.91 Å². The maximum Gasteiger partial charge on any atom is 0.228 e. The number of hydrogen-bond donors (Lipinski definition) is 2. The number of amides is 1. The molecule has 0 aliphatic carbocycles. The first-order valence-electron chi connectivity index (χ1n) is 7.81. The smallest absolute Gasteiger partial charge is 0.228 e. The number of rotatable bonds is 8. The van der Waals surface area contributed by atoms with Crippen LogP contribution in [0.25, 0.3) is 0 Å². The molecule has 0 bridgehead atoms. The number of likely N-dealkylation sites (N-methyl/N-ethyl adjacent to an activating group) is 1. The molecule has 1 fully saturated rings. The molecule has 1 unspecified atom stereocenters. The van der Waals surface area contributed by atoms with E-state index in [1.165, 1.54) is 0 Å². The molecule has 1 aliphatic rings. The SMILES string of the molecule is CCN(CC)CC(C)NC(=O)C1(COC)CCNCC1. The summed E-state index contributed by atoms with van der Waals surface area (Å²) in [4.78, 5) is 15.0. The zero-order valence-corrected chi connectivity index (χ0v) is 13.5. The van der Waals surface area contributed by atoms with Gasteiger partial charge in [-0.2, -0.15) is 0 Å². The van der Waals surface area contributed by atoms with Crippen LogP contribution in [0.1, 0.15) is 33.6 Å². The van der Waals surface area contributed by atoms with Crippen molar-refractivity contribution in [2.45, 2.75) is 39.7 Å². The minimum absolute atomic E-state index is 0.153. The quantitative estimate of drug-likeness (QED) is 0.694. The van der Waals surface area contributed by atoms with Gasteiger partial charge in [-0.25, -0.2) is 0 Å². The summed E-state index contributed by atoms with van der Waals surface area (Å²) < 4.78 is 5.31. The normalized spacial score (nSPS) is 19.9. The average molecular weight is 285 g/mol. The van der Waals surface area contributed by atoms with E-state index in [0.717, 1.165) is 45.6 Å². The van der Waals surface area contributed by atoms with E-state index in [9.17, 15) is 4.79 Å². The maximum atomic E-state index is 12.6. The molecule has 0 aromatic heterocycles. The molecule has 1 heterocycles. The first-order chi connectivity index (χ1) is 9.57. The molecule has 0 radical (unpaired) electrons. The number of piperidine rings is 1. The number of carbonyl (C=O) groups excluding carboxylic acids is 1. The van der Waals surface area contributed by atoms with Crippen LogP contribution in [0.15, 0.2) is 0 Å². The zero-order chi connectivity index (χ0) is 15.0. The van der Waals surface area contributed by atoms with Gasteiger partial charge in [-0.05, 0) is 45.9 Å². The Labute approximate surface area is 123 Å². The van der Waals surface area contributed by atoms with Crippen molar-refractivity contribution in [1.29, 1.82) is 0 Å². The largest absolute Gasteiger partial charge is 0.384 e. The molecular formula is C15H31N3O2. The van der Waals surface area contributed by atoms with Crippen molar-refractivity contribution in [2.75, 3.05) is 46.4 Å². The van der Waals surface area contributed by atoms with Crippen LogP contribution in [0.3, 0.4) is 0 Å². The topological polar surface area (TPSA) is 53.6 Å². The second kappa shape index (κ2) is 8.60.